The van der Waals surface area contributed by atoms with Gasteiger partial charge in [0.15, 0.2) is 0 Å². The number of nitrogens with zero attached hydrogens (tertiary/aromatic N) is 2. The van der Waals surface area contributed by atoms with Crippen molar-refractivity contribution in [2.24, 2.45) is 0 Å². The molecule has 1 heterocycles. The molecule has 3 rings (SSSR count). The zero-order chi connectivity index (χ0) is 22.9. The van der Waals surface area contributed by atoms with Crippen LogP contribution in [0.1, 0.15) is 49.9 Å². The number of carbonyl (C=O) groups excluding carboxylic acids is 2. The molecule has 0 fully saturated rings. The van der Waals surface area contributed by atoms with E-state index < -0.39 is 0 Å². The minimum atomic E-state index is -0.241. The highest BCUT2D eigenvalue weighted by Crippen LogP contribution is 2.39. The Morgan fingerprint density at radius 1 is 0.972 bits per heavy atom. The highest BCUT2D eigenvalue weighted by Gasteiger charge is 2.28. The summed E-state index contributed by atoms with van der Waals surface area (Å²) >= 11 is 6.14. The van der Waals surface area contributed by atoms with Gasteiger partial charge in [-0.1, -0.05) is 44.0 Å². The van der Waals surface area contributed by atoms with E-state index in [2.05, 4.69) is 29.4 Å². The highest BCUT2D eigenvalue weighted by atomic mass is 35.5. The zero-order valence-electron chi connectivity index (χ0n) is 20.8. The number of para-hydroxylation sites is 1. The number of halogens is 3. The van der Waals surface area contributed by atoms with Crippen molar-refractivity contribution in [1.29, 1.82) is 0 Å². The minimum Gasteiger partial charge on any atom is -0.412 e. The fourth-order valence-corrected chi connectivity index (χ4v) is 4.14. The predicted octanol–water partition coefficient (Wildman–Crippen LogP) is 4.26. The Bertz CT molecular complexity index is 945. The normalized spacial score (nSPS) is 11.4. The molecule has 0 atom stereocenters. The van der Waals surface area contributed by atoms with Crippen LogP contribution in [-0.4, -0.2) is 60.4 Å². The Balaban J connectivity index is 0. The lowest BCUT2D eigenvalue weighted by Crippen LogP contribution is -2.32. The van der Waals surface area contributed by atoms with Crippen molar-refractivity contribution >= 4 is 65.3 Å². The third-order valence-electron chi connectivity index (χ3n) is 5.83. The molecule has 2 aromatic rings. The summed E-state index contributed by atoms with van der Waals surface area (Å²) in [4.78, 5) is 30.0. The molecule has 36 heavy (non-hydrogen) atoms. The summed E-state index contributed by atoms with van der Waals surface area (Å²) < 4.78 is 0. The van der Waals surface area contributed by atoms with Crippen LogP contribution in [-0.2, 0) is 4.79 Å². The standard InChI is InChI=1S/C25H33ClN4O2.2ClH.2H2O/c1-3-29(4-2)17-16-27-15-9-5-6-12-24(31)30-22-11-8-7-10-20(22)25(32)28-21-18-19(26)13-14-23(21)30;;;;/h7-8,10-11,13-14,18,27H,3-6,9,12,15-17H2,1-2H3,(H,28,32);2*1H;2*1H2. The summed E-state index contributed by atoms with van der Waals surface area (Å²) in [6.07, 6.45) is 3.24. The first-order valence-corrected chi connectivity index (χ1v) is 11.9. The predicted molar refractivity (Wildman–Crippen MR) is 154 cm³/mol. The molecule has 6 N–H and O–H groups in total. The second-order valence-corrected chi connectivity index (χ2v) is 8.39. The van der Waals surface area contributed by atoms with Crippen LogP contribution in [0.15, 0.2) is 42.5 Å². The van der Waals surface area contributed by atoms with Crippen LogP contribution in [0.5, 0.6) is 0 Å². The lowest BCUT2D eigenvalue weighted by Gasteiger charge is -2.24. The van der Waals surface area contributed by atoms with Crippen LogP contribution >= 0.6 is 36.4 Å². The number of anilines is 3. The number of amides is 2. The number of nitrogens with one attached hydrogen (secondary N) is 2. The van der Waals surface area contributed by atoms with Gasteiger partial charge in [0.2, 0.25) is 5.91 Å². The summed E-state index contributed by atoms with van der Waals surface area (Å²) in [5, 5.41) is 6.88. The maximum Gasteiger partial charge on any atom is 0.257 e. The number of rotatable bonds is 11. The average molecular weight is 566 g/mol. The van der Waals surface area contributed by atoms with E-state index in [0.29, 0.717) is 34.1 Å². The van der Waals surface area contributed by atoms with Gasteiger partial charge >= 0.3 is 0 Å². The quantitative estimate of drug-likeness (QED) is 0.395. The number of fused-ring (bicyclic) bond motifs is 2. The molecule has 0 saturated heterocycles. The van der Waals surface area contributed by atoms with Crippen molar-refractivity contribution in [1.82, 2.24) is 10.2 Å². The van der Waals surface area contributed by atoms with Crippen molar-refractivity contribution in [2.75, 3.05) is 42.9 Å². The fraction of sp³-hybridized carbons (Fsp3) is 0.440. The van der Waals surface area contributed by atoms with Gasteiger partial charge in [0.1, 0.15) is 0 Å². The van der Waals surface area contributed by atoms with Crippen LogP contribution in [0.25, 0.3) is 0 Å². The Hall–Kier alpha value is -1.91. The van der Waals surface area contributed by atoms with Gasteiger partial charge < -0.3 is 26.5 Å². The van der Waals surface area contributed by atoms with Crippen molar-refractivity contribution in [2.45, 2.75) is 39.5 Å². The van der Waals surface area contributed by atoms with E-state index in [0.717, 1.165) is 52.0 Å². The second-order valence-electron chi connectivity index (χ2n) is 7.95. The van der Waals surface area contributed by atoms with Gasteiger partial charge in [-0.05, 0) is 62.8 Å². The molecule has 0 saturated carbocycles. The third-order valence-corrected chi connectivity index (χ3v) is 6.07. The monoisotopic (exact) mass is 564 g/mol. The Kier molecular flexibility index (Phi) is 18.5. The maximum atomic E-state index is 13.3. The molecule has 1 aliphatic rings. The van der Waals surface area contributed by atoms with Crippen LogP contribution in [0, 0.1) is 0 Å². The average Bonchev–Trinajstić information content (AvgIpc) is 2.91. The van der Waals surface area contributed by atoms with Crippen LogP contribution < -0.4 is 15.5 Å². The van der Waals surface area contributed by atoms with Gasteiger partial charge in [0.05, 0.1) is 22.6 Å². The topological polar surface area (TPSA) is 128 Å². The summed E-state index contributed by atoms with van der Waals surface area (Å²) in [6.45, 7) is 9.54. The van der Waals surface area contributed by atoms with Gasteiger partial charge in [-0.2, -0.15) is 0 Å². The lowest BCUT2D eigenvalue weighted by atomic mass is 10.1. The first-order chi connectivity index (χ1) is 15.5. The highest BCUT2D eigenvalue weighted by molar-refractivity contribution is 6.31. The molecule has 0 aromatic heterocycles. The number of carbonyl (C=O) groups is 2. The maximum absolute atomic E-state index is 13.3. The van der Waals surface area contributed by atoms with Gasteiger partial charge in [-0.15, -0.1) is 24.8 Å². The molecule has 0 spiro atoms. The van der Waals surface area contributed by atoms with E-state index >= 15 is 0 Å². The molecule has 0 bridgehead atoms. The largest absolute Gasteiger partial charge is 0.412 e. The van der Waals surface area contributed by atoms with E-state index in [-0.39, 0.29) is 47.6 Å². The van der Waals surface area contributed by atoms with Gasteiger partial charge in [-0.25, -0.2) is 0 Å². The van der Waals surface area contributed by atoms with E-state index in [9.17, 15) is 9.59 Å². The summed E-state index contributed by atoms with van der Waals surface area (Å²) in [5.74, 6) is -0.262. The molecule has 8 nitrogen and oxygen atoms in total. The number of hydrogen-bond acceptors (Lipinski definition) is 4. The Morgan fingerprint density at radius 3 is 2.36 bits per heavy atom. The minimum absolute atomic E-state index is 0. The molecule has 0 aliphatic carbocycles. The number of likely N-dealkylation sites (N-methyl/N-ethyl adjacent to an activating group) is 1. The molecular formula is C25H39Cl3N4O4. The zero-order valence-corrected chi connectivity index (χ0v) is 23.2. The van der Waals surface area contributed by atoms with Crippen LogP contribution in [0.3, 0.4) is 0 Å². The van der Waals surface area contributed by atoms with Gasteiger partial charge in [-0.3, -0.25) is 14.5 Å². The molecule has 2 aromatic carbocycles. The van der Waals surface area contributed by atoms with Gasteiger partial charge in [0.25, 0.3) is 5.91 Å². The smallest absolute Gasteiger partial charge is 0.257 e. The Labute approximate surface area is 231 Å². The molecule has 2 amide bonds. The number of hydrogen-bond donors (Lipinski definition) is 2. The first-order valence-electron chi connectivity index (χ1n) is 11.5. The van der Waals surface area contributed by atoms with Crippen molar-refractivity contribution in [3.05, 3.63) is 53.1 Å². The molecule has 0 unspecified atom stereocenters. The number of benzene rings is 2. The molecule has 1 aliphatic heterocycles. The summed E-state index contributed by atoms with van der Waals surface area (Å²) in [7, 11) is 0. The SMILES string of the molecule is CCN(CC)CCNCCCCCC(=O)N1c2ccc(Cl)cc2NC(=O)c2ccccc21.Cl.Cl.O.O. The van der Waals surface area contributed by atoms with E-state index in [1.165, 1.54) is 0 Å². The van der Waals surface area contributed by atoms with E-state index in [4.69, 9.17) is 11.6 Å². The molecule has 11 heteroatoms. The van der Waals surface area contributed by atoms with Crippen molar-refractivity contribution < 1.29 is 20.5 Å². The van der Waals surface area contributed by atoms with E-state index in [1.54, 1.807) is 35.2 Å². The van der Waals surface area contributed by atoms with Gasteiger partial charge in [0, 0.05) is 24.5 Å². The van der Waals surface area contributed by atoms with Crippen molar-refractivity contribution in [3.63, 3.8) is 0 Å². The summed E-state index contributed by atoms with van der Waals surface area (Å²) in [5.41, 5.74) is 2.28. The fourth-order valence-electron chi connectivity index (χ4n) is 3.97. The molecule has 204 valence electrons. The Morgan fingerprint density at radius 2 is 1.67 bits per heavy atom. The van der Waals surface area contributed by atoms with Crippen molar-refractivity contribution in [3.8, 4) is 0 Å². The lowest BCUT2D eigenvalue weighted by molar-refractivity contribution is -0.118. The summed E-state index contributed by atoms with van der Waals surface area (Å²) in [6, 6.07) is 12.4. The van der Waals surface area contributed by atoms with Crippen LogP contribution in [0.2, 0.25) is 5.02 Å². The molecular weight excluding hydrogens is 527 g/mol. The second kappa shape index (κ2) is 18.4. The first kappa shape index (κ1) is 36.2. The van der Waals surface area contributed by atoms with Crippen LogP contribution in [0.4, 0.5) is 17.1 Å². The third kappa shape index (κ3) is 9.52. The molecule has 0 radical (unpaired) electrons. The number of unbranched alkanes of at least 4 members (excludes halogenated alkanes) is 2. The van der Waals surface area contributed by atoms with E-state index in [1.807, 2.05) is 12.1 Å².